The number of carbonyl (C=O) groups is 1. The van der Waals surface area contributed by atoms with E-state index in [9.17, 15) is 4.79 Å². The number of carbonyl (C=O) groups excluding carboxylic acids is 1. The molecule has 118 valence electrons. The fourth-order valence-electron chi connectivity index (χ4n) is 2.36. The molecule has 0 heterocycles. The van der Waals surface area contributed by atoms with E-state index in [1.54, 1.807) is 31.2 Å². The number of hydrogen-bond donors (Lipinski definition) is 2. The predicted octanol–water partition coefficient (Wildman–Crippen LogP) is 4.12. The number of benzene rings is 2. The standard InChI is InChI=1S/C19H21N3O/c1-13(2)16-9-5-7-11-18(16)21-14(3)19(23)22-17-10-6-4-8-15(17)12-20/h4-11,13-14,21H,1-3H3,(H,22,23)/t14-/m1/s1. The molecule has 0 saturated carbocycles. The molecule has 0 saturated heterocycles. The molecule has 2 N–H and O–H groups in total. The summed E-state index contributed by atoms with van der Waals surface area (Å²) < 4.78 is 0. The lowest BCUT2D eigenvalue weighted by atomic mass is 10.0. The van der Waals surface area contributed by atoms with E-state index in [4.69, 9.17) is 5.26 Å². The molecule has 1 atom stereocenters. The van der Waals surface area contributed by atoms with E-state index in [2.05, 4.69) is 36.6 Å². The molecule has 0 spiro atoms. The average molecular weight is 307 g/mol. The number of nitrogens with one attached hydrogen (secondary N) is 2. The van der Waals surface area contributed by atoms with Crippen LogP contribution in [-0.2, 0) is 4.79 Å². The van der Waals surface area contributed by atoms with Gasteiger partial charge in [-0.2, -0.15) is 5.26 Å². The van der Waals surface area contributed by atoms with Gasteiger partial charge in [0.15, 0.2) is 0 Å². The molecule has 0 bridgehead atoms. The number of para-hydroxylation sites is 2. The number of rotatable bonds is 5. The van der Waals surface area contributed by atoms with Crippen LogP contribution in [0.1, 0.15) is 37.8 Å². The number of amides is 1. The van der Waals surface area contributed by atoms with Crippen molar-refractivity contribution in [2.45, 2.75) is 32.7 Å². The quantitative estimate of drug-likeness (QED) is 0.873. The molecular formula is C19H21N3O. The summed E-state index contributed by atoms with van der Waals surface area (Å²) in [5.74, 6) is 0.194. The van der Waals surface area contributed by atoms with Gasteiger partial charge in [-0.25, -0.2) is 0 Å². The minimum absolute atomic E-state index is 0.175. The third-order valence-corrected chi connectivity index (χ3v) is 3.65. The highest BCUT2D eigenvalue weighted by Gasteiger charge is 2.16. The van der Waals surface area contributed by atoms with Gasteiger partial charge in [0.2, 0.25) is 5.91 Å². The van der Waals surface area contributed by atoms with Gasteiger partial charge in [0.05, 0.1) is 11.3 Å². The van der Waals surface area contributed by atoms with E-state index in [1.807, 2.05) is 18.2 Å². The largest absolute Gasteiger partial charge is 0.374 e. The van der Waals surface area contributed by atoms with Crippen molar-refractivity contribution < 1.29 is 4.79 Å². The molecule has 0 aliphatic rings. The van der Waals surface area contributed by atoms with Gasteiger partial charge in [0.25, 0.3) is 0 Å². The van der Waals surface area contributed by atoms with E-state index in [1.165, 1.54) is 5.56 Å². The maximum Gasteiger partial charge on any atom is 0.246 e. The van der Waals surface area contributed by atoms with Crippen LogP contribution >= 0.6 is 0 Å². The monoisotopic (exact) mass is 307 g/mol. The fourth-order valence-corrected chi connectivity index (χ4v) is 2.36. The van der Waals surface area contributed by atoms with Crippen LogP contribution < -0.4 is 10.6 Å². The Balaban J connectivity index is 2.11. The second kappa shape index (κ2) is 7.46. The van der Waals surface area contributed by atoms with Gasteiger partial charge in [0.1, 0.15) is 12.1 Å². The third-order valence-electron chi connectivity index (χ3n) is 3.65. The van der Waals surface area contributed by atoms with Crippen molar-refractivity contribution in [3.05, 3.63) is 59.7 Å². The maximum atomic E-state index is 12.4. The zero-order valence-corrected chi connectivity index (χ0v) is 13.6. The zero-order valence-electron chi connectivity index (χ0n) is 13.6. The summed E-state index contributed by atoms with van der Waals surface area (Å²) in [5, 5.41) is 15.1. The van der Waals surface area contributed by atoms with Gasteiger partial charge in [-0.15, -0.1) is 0 Å². The second-order valence-electron chi connectivity index (χ2n) is 5.75. The molecule has 0 aromatic heterocycles. The summed E-state index contributed by atoms with van der Waals surface area (Å²) in [6.45, 7) is 6.05. The summed E-state index contributed by atoms with van der Waals surface area (Å²) in [6, 6.07) is 16.6. The Hall–Kier alpha value is -2.80. The molecular weight excluding hydrogens is 286 g/mol. The second-order valence-corrected chi connectivity index (χ2v) is 5.75. The van der Waals surface area contributed by atoms with E-state index in [-0.39, 0.29) is 5.91 Å². The lowest BCUT2D eigenvalue weighted by molar-refractivity contribution is -0.116. The molecule has 2 aromatic rings. The Morgan fingerprint density at radius 1 is 1.00 bits per heavy atom. The van der Waals surface area contributed by atoms with Crippen molar-refractivity contribution >= 4 is 17.3 Å². The summed E-state index contributed by atoms with van der Waals surface area (Å²) >= 11 is 0. The Kier molecular flexibility index (Phi) is 5.37. The zero-order chi connectivity index (χ0) is 16.8. The van der Waals surface area contributed by atoms with Gasteiger partial charge in [-0.05, 0) is 36.6 Å². The smallest absolute Gasteiger partial charge is 0.246 e. The third kappa shape index (κ3) is 4.10. The van der Waals surface area contributed by atoms with Crippen molar-refractivity contribution in [1.82, 2.24) is 0 Å². The molecule has 2 rings (SSSR count). The molecule has 0 radical (unpaired) electrons. The van der Waals surface area contributed by atoms with Gasteiger partial charge in [-0.3, -0.25) is 4.79 Å². The Labute approximate surface area is 137 Å². The number of nitriles is 1. The minimum Gasteiger partial charge on any atom is -0.374 e. The van der Waals surface area contributed by atoms with Crippen LogP contribution in [0.4, 0.5) is 11.4 Å². The van der Waals surface area contributed by atoms with Crippen molar-refractivity contribution in [2.24, 2.45) is 0 Å². The minimum atomic E-state index is -0.415. The van der Waals surface area contributed by atoms with Crippen molar-refractivity contribution in [3.63, 3.8) is 0 Å². The van der Waals surface area contributed by atoms with E-state index < -0.39 is 6.04 Å². The summed E-state index contributed by atoms with van der Waals surface area (Å²) in [7, 11) is 0. The normalized spacial score (nSPS) is 11.6. The number of anilines is 2. The first-order valence-corrected chi connectivity index (χ1v) is 7.68. The molecule has 23 heavy (non-hydrogen) atoms. The van der Waals surface area contributed by atoms with Crippen LogP contribution in [0, 0.1) is 11.3 Å². The van der Waals surface area contributed by atoms with E-state index in [0.717, 1.165) is 5.69 Å². The van der Waals surface area contributed by atoms with Crippen LogP contribution in [0.5, 0.6) is 0 Å². The lowest BCUT2D eigenvalue weighted by Gasteiger charge is -2.19. The van der Waals surface area contributed by atoms with Crippen molar-refractivity contribution in [3.8, 4) is 6.07 Å². The van der Waals surface area contributed by atoms with E-state index >= 15 is 0 Å². The predicted molar refractivity (Wildman–Crippen MR) is 93.4 cm³/mol. The summed E-state index contributed by atoms with van der Waals surface area (Å²) in [5.41, 5.74) is 3.12. The topological polar surface area (TPSA) is 64.9 Å². The molecule has 0 aliphatic carbocycles. The van der Waals surface area contributed by atoms with Crippen LogP contribution in [0.3, 0.4) is 0 Å². The molecule has 0 aliphatic heterocycles. The average Bonchev–Trinajstić information content (AvgIpc) is 2.55. The van der Waals surface area contributed by atoms with Gasteiger partial charge in [-0.1, -0.05) is 44.2 Å². The van der Waals surface area contributed by atoms with Crippen LogP contribution in [0.2, 0.25) is 0 Å². The first-order chi connectivity index (χ1) is 11.0. The van der Waals surface area contributed by atoms with Crippen molar-refractivity contribution in [2.75, 3.05) is 10.6 Å². The first kappa shape index (κ1) is 16.6. The molecule has 4 nitrogen and oxygen atoms in total. The highest BCUT2D eigenvalue weighted by molar-refractivity contribution is 5.97. The molecule has 2 aromatic carbocycles. The van der Waals surface area contributed by atoms with Gasteiger partial charge < -0.3 is 10.6 Å². The highest BCUT2D eigenvalue weighted by Crippen LogP contribution is 2.24. The lowest BCUT2D eigenvalue weighted by Crippen LogP contribution is -2.32. The molecule has 4 heteroatoms. The van der Waals surface area contributed by atoms with Crippen LogP contribution in [0.15, 0.2) is 48.5 Å². The first-order valence-electron chi connectivity index (χ1n) is 7.68. The maximum absolute atomic E-state index is 12.4. The number of nitrogens with zero attached hydrogens (tertiary/aromatic N) is 1. The van der Waals surface area contributed by atoms with Crippen molar-refractivity contribution in [1.29, 1.82) is 5.26 Å². The highest BCUT2D eigenvalue weighted by atomic mass is 16.2. The van der Waals surface area contributed by atoms with Gasteiger partial charge >= 0.3 is 0 Å². The summed E-state index contributed by atoms with van der Waals surface area (Å²) in [6.07, 6.45) is 0. The van der Waals surface area contributed by atoms with Gasteiger partial charge in [0, 0.05) is 5.69 Å². The van der Waals surface area contributed by atoms with Crippen LogP contribution in [-0.4, -0.2) is 11.9 Å². The SMILES string of the molecule is CC(C)c1ccccc1N[C@H](C)C(=O)Nc1ccccc1C#N. The summed E-state index contributed by atoms with van der Waals surface area (Å²) in [4.78, 5) is 12.4. The molecule has 0 fully saturated rings. The fraction of sp³-hybridized carbons (Fsp3) is 0.263. The molecule has 0 unspecified atom stereocenters. The number of hydrogen-bond acceptors (Lipinski definition) is 3. The molecule has 1 amide bonds. The Bertz CT molecular complexity index is 731. The van der Waals surface area contributed by atoms with Crippen LogP contribution in [0.25, 0.3) is 0 Å². The Morgan fingerprint density at radius 3 is 2.26 bits per heavy atom. The Morgan fingerprint density at radius 2 is 1.61 bits per heavy atom. The van der Waals surface area contributed by atoms with E-state index in [0.29, 0.717) is 17.2 Å².